The molecule has 1 aromatic carbocycles. The first kappa shape index (κ1) is 24.7. The summed E-state index contributed by atoms with van der Waals surface area (Å²) in [5.41, 5.74) is 4.72. The van der Waals surface area contributed by atoms with Gasteiger partial charge < -0.3 is 4.57 Å². The van der Waals surface area contributed by atoms with E-state index in [0.29, 0.717) is 23.0 Å². The molecule has 4 aliphatic rings. The zero-order valence-electron chi connectivity index (χ0n) is 23.8. The lowest BCUT2D eigenvalue weighted by Crippen LogP contribution is -2.55. The van der Waals surface area contributed by atoms with Crippen molar-refractivity contribution in [3.63, 3.8) is 0 Å². The number of aromatic nitrogens is 1. The second-order valence-corrected chi connectivity index (χ2v) is 14.5. The highest BCUT2D eigenvalue weighted by molar-refractivity contribution is 5.96. The molecule has 1 aromatic heterocycles. The van der Waals surface area contributed by atoms with Crippen LogP contribution < -0.4 is 0 Å². The van der Waals surface area contributed by atoms with Crippen molar-refractivity contribution in [3.8, 4) is 0 Å². The van der Waals surface area contributed by atoms with Gasteiger partial charge in [-0.3, -0.25) is 4.79 Å². The van der Waals surface area contributed by atoms with E-state index in [1.807, 2.05) is 0 Å². The van der Waals surface area contributed by atoms with Crippen LogP contribution in [0, 0.1) is 46.3 Å². The van der Waals surface area contributed by atoms with Crippen molar-refractivity contribution in [2.45, 2.75) is 105 Å². The Labute approximate surface area is 219 Å². The average molecular weight is 488 g/mol. The summed E-state index contributed by atoms with van der Waals surface area (Å²) < 4.78 is 2.39. The summed E-state index contributed by atoms with van der Waals surface area (Å²) in [7, 11) is 2.22. The van der Waals surface area contributed by atoms with Crippen molar-refractivity contribution >= 4 is 16.7 Å². The highest BCUT2D eigenvalue weighted by Gasteiger charge is 2.63. The number of benzene rings is 1. The molecule has 8 unspecified atom stereocenters. The maximum atomic E-state index is 14.2. The van der Waals surface area contributed by atoms with Crippen LogP contribution in [0.4, 0.5) is 0 Å². The zero-order chi connectivity index (χ0) is 25.4. The zero-order valence-corrected chi connectivity index (χ0v) is 23.8. The number of rotatable bonds is 5. The second kappa shape index (κ2) is 8.74. The molecule has 1 heterocycles. The van der Waals surface area contributed by atoms with Crippen LogP contribution in [0.2, 0.25) is 0 Å². The van der Waals surface area contributed by atoms with E-state index in [1.54, 1.807) is 0 Å². The van der Waals surface area contributed by atoms with Gasteiger partial charge in [0.1, 0.15) is 5.78 Å². The van der Waals surface area contributed by atoms with Crippen LogP contribution in [-0.4, -0.2) is 10.4 Å². The van der Waals surface area contributed by atoms with Crippen LogP contribution in [-0.2, 0) is 18.3 Å². The largest absolute Gasteiger partial charge is 0.347 e. The van der Waals surface area contributed by atoms with Gasteiger partial charge in [-0.05, 0) is 96.5 Å². The van der Waals surface area contributed by atoms with E-state index in [2.05, 4.69) is 70.5 Å². The van der Waals surface area contributed by atoms with Crippen LogP contribution in [0.3, 0.4) is 0 Å². The number of fused-ring (bicyclic) bond motifs is 9. The quantitative estimate of drug-likeness (QED) is 0.413. The van der Waals surface area contributed by atoms with Gasteiger partial charge in [0, 0.05) is 30.1 Å². The number of carbonyl (C=O) groups excluding carboxylic acids is 1. The van der Waals surface area contributed by atoms with E-state index in [1.165, 1.54) is 73.5 Å². The molecule has 0 amide bonds. The Morgan fingerprint density at radius 1 is 0.972 bits per heavy atom. The van der Waals surface area contributed by atoms with Crippen molar-refractivity contribution in [1.82, 2.24) is 4.57 Å². The predicted octanol–water partition coefficient (Wildman–Crippen LogP) is 8.71. The van der Waals surface area contributed by atoms with E-state index in [-0.39, 0.29) is 11.3 Å². The topological polar surface area (TPSA) is 22.0 Å². The molecule has 8 atom stereocenters. The van der Waals surface area contributed by atoms with Gasteiger partial charge in [-0.1, -0.05) is 72.1 Å². The van der Waals surface area contributed by atoms with Gasteiger partial charge in [0.05, 0.1) is 5.92 Å². The van der Waals surface area contributed by atoms with Crippen molar-refractivity contribution in [2.75, 3.05) is 0 Å². The molecule has 4 aliphatic carbocycles. The van der Waals surface area contributed by atoms with E-state index in [0.717, 1.165) is 36.5 Å². The Balaban J connectivity index is 1.30. The molecule has 0 aliphatic heterocycles. The van der Waals surface area contributed by atoms with E-state index < -0.39 is 0 Å². The molecule has 2 aromatic rings. The number of hydrogen-bond acceptors (Lipinski definition) is 1. The van der Waals surface area contributed by atoms with Crippen LogP contribution in [0.25, 0.3) is 10.9 Å². The SMILES string of the molecule is CC(C)CCCC(C)C1CCC2C3CC(=O)C4c5c(n(C)c6ccccc56)CCC4(C)C3CCC12C. The fourth-order valence-electron chi connectivity index (χ4n) is 10.7. The fourth-order valence-corrected chi connectivity index (χ4v) is 10.7. The summed E-state index contributed by atoms with van der Waals surface area (Å²) in [6.07, 6.45) is 12.8. The predicted molar refractivity (Wildman–Crippen MR) is 150 cm³/mol. The number of hydrogen-bond donors (Lipinski definition) is 0. The first-order valence-electron chi connectivity index (χ1n) is 15.3. The average Bonchev–Trinajstić information content (AvgIpc) is 3.33. The van der Waals surface area contributed by atoms with Crippen LogP contribution >= 0.6 is 0 Å². The Morgan fingerprint density at radius 2 is 1.72 bits per heavy atom. The standard InChI is InChI=1S/C34H49NO/c1-21(2)10-9-11-22(3)25-14-15-26-24-20-30(36)32-31-23-12-7-8-13-28(23)35(6)29(31)17-19-34(32,5)27(24)16-18-33(25,26)4/h7-8,12-13,21-22,24-27,32H,9-11,14-20H2,1-6H3. The molecule has 3 saturated carbocycles. The normalized spacial score (nSPS) is 38.5. The fraction of sp³-hybridized carbons (Fsp3) is 0.735. The summed E-state index contributed by atoms with van der Waals surface area (Å²) >= 11 is 0. The van der Waals surface area contributed by atoms with E-state index >= 15 is 0 Å². The Morgan fingerprint density at radius 3 is 2.50 bits per heavy atom. The third-order valence-corrected chi connectivity index (χ3v) is 12.4. The van der Waals surface area contributed by atoms with Crippen LogP contribution in [0.1, 0.15) is 110 Å². The Kier molecular flexibility index (Phi) is 6.01. The molecule has 36 heavy (non-hydrogen) atoms. The second-order valence-electron chi connectivity index (χ2n) is 14.5. The molecular weight excluding hydrogens is 438 g/mol. The van der Waals surface area contributed by atoms with Gasteiger partial charge in [-0.15, -0.1) is 0 Å². The number of aryl methyl sites for hydroxylation is 1. The lowest BCUT2D eigenvalue weighted by molar-refractivity contribution is -0.143. The summed E-state index contributed by atoms with van der Waals surface area (Å²) in [6.45, 7) is 12.4. The number of Topliss-reactive ketones (excluding diaryl/α,β-unsaturated/α-hetero) is 1. The molecule has 2 heteroatoms. The van der Waals surface area contributed by atoms with Crippen molar-refractivity contribution in [3.05, 3.63) is 35.5 Å². The number of carbonyl (C=O) groups is 1. The molecular formula is C34H49NO. The Bertz CT molecular complexity index is 1160. The van der Waals surface area contributed by atoms with Gasteiger partial charge >= 0.3 is 0 Å². The van der Waals surface area contributed by atoms with E-state index in [4.69, 9.17) is 0 Å². The third-order valence-electron chi connectivity index (χ3n) is 12.4. The smallest absolute Gasteiger partial charge is 0.141 e. The summed E-state index contributed by atoms with van der Waals surface area (Å²) in [5.74, 6) is 5.24. The molecule has 196 valence electrons. The van der Waals surface area contributed by atoms with Crippen molar-refractivity contribution in [1.29, 1.82) is 0 Å². The lowest BCUT2D eigenvalue weighted by atomic mass is 9.44. The minimum Gasteiger partial charge on any atom is -0.347 e. The minimum absolute atomic E-state index is 0.102. The van der Waals surface area contributed by atoms with E-state index in [9.17, 15) is 4.79 Å². The summed E-state index contributed by atoms with van der Waals surface area (Å²) in [6, 6.07) is 8.83. The van der Waals surface area contributed by atoms with Gasteiger partial charge in [0.15, 0.2) is 0 Å². The van der Waals surface area contributed by atoms with Gasteiger partial charge in [-0.2, -0.15) is 0 Å². The van der Waals surface area contributed by atoms with Crippen molar-refractivity contribution < 1.29 is 4.79 Å². The maximum Gasteiger partial charge on any atom is 0.141 e. The lowest BCUT2D eigenvalue weighted by Gasteiger charge is -2.60. The maximum absolute atomic E-state index is 14.2. The minimum atomic E-state index is 0.102. The van der Waals surface area contributed by atoms with Crippen LogP contribution in [0.5, 0.6) is 0 Å². The van der Waals surface area contributed by atoms with Crippen LogP contribution in [0.15, 0.2) is 24.3 Å². The first-order chi connectivity index (χ1) is 17.2. The molecule has 2 nitrogen and oxygen atoms in total. The molecule has 0 spiro atoms. The summed E-state index contributed by atoms with van der Waals surface area (Å²) in [4.78, 5) is 14.2. The third kappa shape index (κ3) is 3.45. The van der Waals surface area contributed by atoms with Gasteiger partial charge in [0.2, 0.25) is 0 Å². The molecule has 0 saturated heterocycles. The summed E-state index contributed by atoms with van der Waals surface area (Å²) in [5, 5.41) is 1.34. The first-order valence-corrected chi connectivity index (χ1v) is 15.3. The highest BCUT2D eigenvalue weighted by atomic mass is 16.1. The molecule has 0 radical (unpaired) electrons. The molecule has 0 bridgehead atoms. The number of nitrogens with zero attached hydrogens (tertiary/aromatic N) is 1. The van der Waals surface area contributed by atoms with Gasteiger partial charge in [0.25, 0.3) is 0 Å². The molecule has 3 fully saturated rings. The monoisotopic (exact) mass is 487 g/mol. The van der Waals surface area contributed by atoms with Gasteiger partial charge in [-0.25, -0.2) is 0 Å². The number of para-hydroxylation sites is 1. The highest BCUT2D eigenvalue weighted by Crippen LogP contribution is 2.69. The molecule has 0 N–H and O–H groups in total. The number of ketones is 1. The molecule has 6 rings (SSSR count). The van der Waals surface area contributed by atoms with Crippen molar-refractivity contribution in [2.24, 2.45) is 53.4 Å². The Hall–Kier alpha value is -1.57.